The first-order chi connectivity index (χ1) is 9.61. The number of aliphatic hydroxyl groups excluding tert-OH is 1. The predicted molar refractivity (Wildman–Crippen MR) is 77.0 cm³/mol. The van der Waals surface area contributed by atoms with Crippen molar-refractivity contribution < 1.29 is 14.3 Å². The lowest BCUT2D eigenvalue weighted by atomic mass is 9.76. The molecular weight excluding hydrogens is 254 g/mol. The molecule has 0 bridgehead atoms. The Bertz CT molecular complexity index is 405. The molecule has 1 fully saturated rings. The highest BCUT2D eigenvalue weighted by Crippen LogP contribution is 2.33. The van der Waals surface area contributed by atoms with Gasteiger partial charge in [-0.1, -0.05) is 13.8 Å². The number of aliphatic hydroxyl groups is 1. The Morgan fingerprint density at radius 3 is 2.60 bits per heavy atom. The highest BCUT2D eigenvalue weighted by molar-refractivity contribution is 5.79. The molecule has 4 nitrogen and oxygen atoms in total. The molecule has 0 saturated heterocycles. The van der Waals surface area contributed by atoms with Crippen LogP contribution in [0.1, 0.15) is 51.3 Å². The van der Waals surface area contributed by atoms with E-state index in [-0.39, 0.29) is 18.4 Å². The molecule has 1 saturated carbocycles. The van der Waals surface area contributed by atoms with Crippen molar-refractivity contribution in [3.05, 3.63) is 24.2 Å². The maximum absolute atomic E-state index is 12.3. The SMILES string of the molecule is CC(C)C1CCC(C(=O)NC(CO)c2ccco2)CC1. The van der Waals surface area contributed by atoms with Crippen molar-refractivity contribution in [1.82, 2.24) is 5.32 Å². The molecule has 1 aliphatic carbocycles. The van der Waals surface area contributed by atoms with E-state index in [4.69, 9.17) is 4.42 Å². The van der Waals surface area contributed by atoms with E-state index in [1.807, 2.05) is 0 Å². The van der Waals surface area contributed by atoms with E-state index in [2.05, 4.69) is 19.2 Å². The Kier molecular flexibility index (Phi) is 5.24. The molecule has 112 valence electrons. The van der Waals surface area contributed by atoms with Crippen LogP contribution in [0.5, 0.6) is 0 Å². The fourth-order valence-electron chi connectivity index (χ4n) is 3.03. The Labute approximate surface area is 120 Å². The summed E-state index contributed by atoms with van der Waals surface area (Å²) in [6, 6.07) is 3.11. The molecule has 1 atom stereocenters. The molecule has 2 rings (SSSR count). The molecule has 0 spiro atoms. The van der Waals surface area contributed by atoms with Gasteiger partial charge in [0.15, 0.2) is 0 Å². The molecule has 1 aromatic rings. The zero-order valence-corrected chi connectivity index (χ0v) is 12.3. The first-order valence-electron chi connectivity index (χ1n) is 7.56. The van der Waals surface area contributed by atoms with Gasteiger partial charge in [-0.05, 0) is 49.7 Å². The third-order valence-electron chi connectivity index (χ3n) is 4.47. The molecule has 1 aromatic heterocycles. The topological polar surface area (TPSA) is 62.5 Å². The monoisotopic (exact) mass is 279 g/mol. The van der Waals surface area contributed by atoms with Crippen LogP contribution in [-0.4, -0.2) is 17.6 Å². The first kappa shape index (κ1) is 15.1. The molecular formula is C16H25NO3. The second-order valence-corrected chi connectivity index (χ2v) is 6.11. The minimum absolute atomic E-state index is 0.0441. The summed E-state index contributed by atoms with van der Waals surface area (Å²) in [7, 11) is 0. The van der Waals surface area contributed by atoms with Gasteiger partial charge >= 0.3 is 0 Å². The summed E-state index contributed by atoms with van der Waals surface area (Å²) in [5.41, 5.74) is 0. The first-order valence-corrected chi connectivity index (χ1v) is 7.56. The largest absolute Gasteiger partial charge is 0.467 e. The second kappa shape index (κ2) is 6.93. The van der Waals surface area contributed by atoms with Crippen LogP contribution in [0.25, 0.3) is 0 Å². The van der Waals surface area contributed by atoms with Gasteiger partial charge in [-0.15, -0.1) is 0 Å². The Hall–Kier alpha value is -1.29. The fraction of sp³-hybridized carbons (Fsp3) is 0.688. The van der Waals surface area contributed by atoms with E-state index in [0.29, 0.717) is 11.7 Å². The summed E-state index contributed by atoms with van der Waals surface area (Å²) in [4.78, 5) is 12.3. The van der Waals surface area contributed by atoms with E-state index < -0.39 is 6.04 Å². The minimum Gasteiger partial charge on any atom is -0.467 e. The molecule has 1 aliphatic rings. The summed E-state index contributed by atoms with van der Waals surface area (Å²) < 4.78 is 5.25. The number of rotatable bonds is 5. The third kappa shape index (κ3) is 3.63. The van der Waals surface area contributed by atoms with Crippen molar-refractivity contribution in [1.29, 1.82) is 0 Å². The fourth-order valence-corrected chi connectivity index (χ4v) is 3.03. The number of furan rings is 1. The van der Waals surface area contributed by atoms with Gasteiger partial charge in [-0.3, -0.25) is 4.79 Å². The van der Waals surface area contributed by atoms with Crippen LogP contribution in [-0.2, 0) is 4.79 Å². The van der Waals surface area contributed by atoms with Gasteiger partial charge in [0.2, 0.25) is 5.91 Å². The zero-order valence-electron chi connectivity index (χ0n) is 12.3. The van der Waals surface area contributed by atoms with Crippen molar-refractivity contribution >= 4 is 5.91 Å². The van der Waals surface area contributed by atoms with Crippen molar-refractivity contribution in [2.24, 2.45) is 17.8 Å². The molecule has 1 amide bonds. The van der Waals surface area contributed by atoms with E-state index in [0.717, 1.165) is 31.6 Å². The molecule has 0 radical (unpaired) electrons. The second-order valence-electron chi connectivity index (χ2n) is 6.11. The number of nitrogens with one attached hydrogen (secondary N) is 1. The maximum atomic E-state index is 12.3. The van der Waals surface area contributed by atoms with E-state index in [1.165, 1.54) is 0 Å². The van der Waals surface area contributed by atoms with Gasteiger partial charge in [-0.2, -0.15) is 0 Å². The van der Waals surface area contributed by atoms with Crippen molar-refractivity contribution in [2.45, 2.75) is 45.6 Å². The molecule has 4 heteroatoms. The normalized spacial score (nSPS) is 24.6. The summed E-state index contributed by atoms with van der Waals surface area (Å²) in [5, 5.41) is 12.3. The van der Waals surface area contributed by atoms with Crippen molar-refractivity contribution in [3.8, 4) is 0 Å². The van der Waals surface area contributed by atoms with Crippen LogP contribution in [0.2, 0.25) is 0 Å². The molecule has 1 heterocycles. The number of hydrogen-bond acceptors (Lipinski definition) is 3. The van der Waals surface area contributed by atoms with Crippen LogP contribution in [0.15, 0.2) is 22.8 Å². The zero-order chi connectivity index (χ0) is 14.5. The average molecular weight is 279 g/mol. The van der Waals surface area contributed by atoms with Crippen LogP contribution >= 0.6 is 0 Å². The third-order valence-corrected chi connectivity index (χ3v) is 4.47. The maximum Gasteiger partial charge on any atom is 0.223 e. The lowest BCUT2D eigenvalue weighted by Crippen LogP contribution is -2.37. The smallest absolute Gasteiger partial charge is 0.223 e. The van der Waals surface area contributed by atoms with Gasteiger partial charge < -0.3 is 14.8 Å². The summed E-state index contributed by atoms with van der Waals surface area (Å²) in [6.07, 6.45) is 5.70. The van der Waals surface area contributed by atoms with Gasteiger partial charge in [-0.25, -0.2) is 0 Å². The lowest BCUT2D eigenvalue weighted by Gasteiger charge is -2.30. The van der Waals surface area contributed by atoms with Crippen LogP contribution in [0, 0.1) is 17.8 Å². The van der Waals surface area contributed by atoms with Crippen molar-refractivity contribution in [3.63, 3.8) is 0 Å². The quantitative estimate of drug-likeness (QED) is 0.871. The van der Waals surface area contributed by atoms with Crippen LogP contribution < -0.4 is 5.32 Å². The van der Waals surface area contributed by atoms with E-state index >= 15 is 0 Å². The van der Waals surface area contributed by atoms with E-state index in [9.17, 15) is 9.90 Å². The molecule has 1 unspecified atom stereocenters. The average Bonchev–Trinajstić information content (AvgIpc) is 2.98. The lowest BCUT2D eigenvalue weighted by molar-refractivity contribution is -0.127. The Morgan fingerprint density at radius 1 is 1.40 bits per heavy atom. The highest BCUT2D eigenvalue weighted by Gasteiger charge is 2.29. The predicted octanol–water partition coefficient (Wildman–Crippen LogP) is 2.89. The highest BCUT2D eigenvalue weighted by atomic mass is 16.3. The number of hydrogen-bond donors (Lipinski definition) is 2. The van der Waals surface area contributed by atoms with Gasteiger partial charge in [0.05, 0.1) is 12.9 Å². The standard InChI is InChI=1S/C16H25NO3/c1-11(2)12-5-7-13(8-6-12)16(19)17-14(10-18)15-4-3-9-20-15/h3-4,9,11-14,18H,5-8,10H2,1-2H3,(H,17,19). The van der Waals surface area contributed by atoms with Crippen LogP contribution in [0.4, 0.5) is 0 Å². The number of carbonyl (C=O) groups is 1. The summed E-state index contributed by atoms with van der Waals surface area (Å²) >= 11 is 0. The van der Waals surface area contributed by atoms with E-state index in [1.54, 1.807) is 18.4 Å². The molecule has 0 aromatic carbocycles. The van der Waals surface area contributed by atoms with Gasteiger partial charge in [0, 0.05) is 5.92 Å². The van der Waals surface area contributed by atoms with Crippen LogP contribution in [0.3, 0.4) is 0 Å². The Balaban J connectivity index is 1.86. The molecule has 0 aliphatic heterocycles. The summed E-state index contributed by atoms with van der Waals surface area (Å²) in [5.74, 6) is 2.18. The summed E-state index contributed by atoms with van der Waals surface area (Å²) in [6.45, 7) is 4.37. The molecule has 20 heavy (non-hydrogen) atoms. The number of carbonyl (C=O) groups excluding carboxylic acids is 1. The molecule has 2 N–H and O–H groups in total. The van der Waals surface area contributed by atoms with Crippen molar-refractivity contribution in [2.75, 3.05) is 6.61 Å². The number of amides is 1. The van der Waals surface area contributed by atoms with Gasteiger partial charge in [0.1, 0.15) is 11.8 Å². The minimum atomic E-state index is -0.430. The van der Waals surface area contributed by atoms with Gasteiger partial charge in [0.25, 0.3) is 0 Å². The Morgan fingerprint density at radius 2 is 2.10 bits per heavy atom.